The summed E-state index contributed by atoms with van der Waals surface area (Å²) < 4.78 is 25.0. The van der Waals surface area contributed by atoms with Gasteiger partial charge in [0.25, 0.3) is 5.91 Å². The summed E-state index contributed by atoms with van der Waals surface area (Å²) in [6.07, 6.45) is 0.233. The van der Waals surface area contributed by atoms with Crippen LogP contribution in [0.15, 0.2) is 29.2 Å². The number of carboxylic acid groups (broad SMARTS) is 1. The Bertz CT molecular complexity index is 640. The minimum absolute atomic E-state index is 0.0245. The summed E-state index contributed by atoms with van der Waals surface area (Å²) in [6.45, 7) is 1.63. The zero-order chi connectivity index (χ0) is 16.2. The standard InChI is InChI=1S/C13H18N2O5S/c1-4-11(13(17)18)14-12(16)9-6-5-7-10(8-9)21(19,20)15(2)3/h5-8,11H,4H2,1-3H3,(H,14,16)(H,17,18)/t11-/m1/s1. The molecule has 0 heterocycles. The molecular weight excluding hydrogens is 296 g/mol. The molecule has 0 saturated carbocycles. The molecule has 0 unspecified atom stereocenters. The lowest BCUT2D eigenvalue weighted by Gasteiger charge is -2.14. The van der Waals surface area contributed by atoms with Crippen LogP contribution in [0.5, 0.6) is 0 Å². The highest BCUT2D eigenvalue weighted by molar-refractivity contribution is 7.89. The molecule has 8 heteroatoms. The minimum atomic E-state index is -3.65. The molecule has 1 atom stereocenters. The summed E-state index contributed by atoms with van der Waals surface area (Å²) in [7, 11) is -0.869. The van der Waals surface area contributed by atoms with Crippen LogP contribution in [0.2, 0.25) is 0 Å². The van der Waals surface area contributed by atoms with Crippen molar-refractivity contribution in [2.24, 2.45) is 0 Å². The number of amides is 1. The highest BCUT2D eigenvalue weighted by Crippen LogP contribution is 2.15. The predicted octanol–water partition coefficient (Wildman–Crippen LogP) is 0.530. The molecule has 0 radical (unpaired) electrons. The van der Waals surface area contributed by atoms with Gasteiger partial charge in [0.15, 0.2) is 0 Å². The number of carbonyl (C=O) groups is 2. The van der Waals surface area contributed by atoms with Crippen LogP contribution in [0.4, 0.5) is 0 Å². The van der Waals surface area contributed by atoms with Gasteiger partial charge in [-0.1, -0.05) is 13.0 Å². The fourth-order valence-corrected chi connectivity index (χ4v) is 2.54. The summed E-state index contributed by atoms with van der Waals surface area (Å²) in [5, 5.41) is 11.3. The van der Waals surface area contributed by atoms with E-state index in [1.165, 1.54) is 38.4 Å². The average Bonchev–Trinajstić information content (AvgIpc) is 2.44. The molecule has 0 spiro atoms. The van der Waals surface area contributed by atoms with Crippen LogP contribution in [-0.2, 0) is 14.8 Å². The van der Waals surface area contributed by atoms with Gasteiger partial charge >= 0.3 is 5.97 Å². The van der Waals surface area contributed by atoms with E-state index in [4.69, 9.17) is 5.11 Å². The lowest BCUT2D eigenvalue weighted by Crippen LogP contribution is -2.40. The molecule has 0 saturated heterocycles. The van der Waals surface area contributed by atoms with Crippen molar-refractivity contribution in [2.75, 3.05) is 14.1 Å². The van der Waals surface area contributed by atoms with Gasteiger partial charge in [0.05, 0.1) is 4.90 Å². The van der Waals surface area contributed by atoms with Gasteiger partial charge in [-0.3, -0.25) is 4.79 Å². The van der Waals surface area contributed by atoms with E-state index in [0.29, 0.717) is 0 Å². The number of nitrogens with zero attached hydrogens (tertiary/aromatic N) is 1. The number of rotatable bonds is 6. The molecule has 0 bridgehead atoms. The first kappa shape index (κ1) is 17.1. The van der Waals surface area contributed by atoms with Crippen LogP contribution in [-0.4, -0.2) is 49.8 Å². The van der Waals surface area contributed by atoms with E-state index in [2.05, 4.69) is 5.32 Å². The van der Waals surface area contributed by atoms with Gasteiger partial charge in [-0.25, -0.2) is 17.5 Å². The first-order valence-electron chi connectivity index (χ1n) is 6.26. The van der Waals surface area contributed by atoms with Gasteiger partial charge in [-0.15, -0.1) is 0 Å². The maximum Gasteiger partial charge on any atom is 0.326 e. The number of nitrogens with one attached hydrogen (secondary N) is 1. The van der Waals surface area contributed by atoms with Gasteiger partial charge in [0.2, 0.25) is 10.0 Å². The van der Waals surface area contributed by atoms with Crippen molar-refractivity contribution < 1.29 is 23.1 Å². The van der Waals surface area contributed by atoms with Gasteiger partial charge in [-0.05, 0) is 24.6 Å². The van der Waals surface area contributed by atoms with Crippen LogP contribution in [0.25, 0.3) is 0 Å². The van der Waals surface area contributed by atoms with Crippen LogP contribution < -0.4 is 5.32 Å². The minimum Gasteiger partial charge on any atom is -0.480 e. The Morgan fingerprint density at radius 1 is 1.33 bits per heavy atom. The summed E-state index contributed by atoms with van der Waals surface area (Å²) >= 11 is 0. The topological polar surface area (TPSA) is 104 Å². The number of benzene rings is 1. The first-order chi connectivity index (χ1) is 9.70. The molecule has 7 nitrogen and oxygen atoms in total. The Labute approximate surface area is 123 Å². The van der Waals surface area contributed by atoms with Gasteiger partial charge in [0, 0.05) is 19.7 Å². The van der Waals surface area contributed by atoms with Crippen molar-refractivity contribution >= 4 is 21.9 Å². The Kier molecular flexibility index (Phi) is 5.45. The molecule has 1 rings (SSSR count). The van der Waals surface area contributed by atoms with Crippen molar-refractivity contribution in [1.82, 2.24) is 9.62 Å². The van der Waals surface area contributed by atoms with E-state index >= 15 is 0 Å². The Morgan fingerprint density at radius 3 is 2.43 bits per heavy atom. The predicted molar refractivity (Wildman–Crippen MR) is 76.5 cm³/mol. The molecular formula is C13H18N2O5S. The third-order valence-corrected chi connectivity index (χ3v) is 4.70. The smallest absolute Gasteiger partial charge is 0.326 e. The van der Waals surface area contributed by atoms with Gasteiger partial charge in [0.1, 0.15) is 6.04 Å². The highest BCUT2D eigenvalue weighted by atomic mass is 32.2. The summed E-state index contributed by atoms with van der Waals surface area (Å²) in [5.41, 5.74) is 0.0950. The second-order valence-corrected chi connectivity index (χ2v) is 6.74. The molecule has 0 aliphatic heterocycles. The molecule has 0 aliphatic carbocycles. The van der Waals surface area contributed by atoms with E-state index in [9.17, 15) is 18.0 Å². The normalized spacial score (nSPS) is 13.0. The van der Waals surface area contributed by atoms with Crippen molar-refractivity contribution in [1.29, 1.82) is 0 Å². The average molecular weight is 314 g/mol. The van der Waals surface area contributed by atoms with Crippen LogP contribution in [0.1, 0.15) is 23.7 Å². The van der Waals surface area contributed by atoms with Crippen molar-refractivity contribution in [3.05, 3.63) is 29.8 Å². The molecule has 21 heavy (non-hydrogen) atoms. The number of carbonyl (C=O) groups excluding carboxylic acids is 1. The maximum absolute atomic E-state index is 12.0. The molecule has 0 fully saturated rings. The molecule has 116 valence electrons. The zero-order valence-electron chi connectivity index (χ0n) is 12.0. The fourth-order valence-electron chi connectivity index (χ4n) is 1.59. The lowest BCUT2D eigenvalue weighted by molar-refractivity contribution is -0.139. The third-order valence-electron chi connectivity index (χ3n) is 2.89. The Morgan fingerprint density at radius 2 is 1.95 bits per heavy atom. The molecule has 2 N–H and O–H groups in total. The summed E-state index contributed by atoms with van der Waals surface area (Å²) in [5.74, 6) is -1.76. The lowest BCUT2D eigenvalue weighted by atomic mass is 10.1. The van der Waals surface area contributed by atoms with E-state index in [-0.39, 0.29) is 16.9 Å². The molecule has 1 aromatic carbocycles. The summed E-state index contributed by atoms with van der Waals surface area (Å²) in [6, 6.07) is 4.46. The first-order valence-corrected chi connectivity index (χ1v) is 7.70. The monoisotopic (exact) mass is 314 g/mol. The molecule has 1 amide bonds. The SMILES string of the molecule is CC[C@@H](NC(=O)c1cccc(S(=O)(=O)N(C)C)c1)C(=O)O. The van der Waals surface area contributed by atoms with Crippen LogP contribution in [0, 0.1) is 0 Å². The maximum atomic E-state index is 12.0. The van der Waals surface area contributed by atoms with Crippen molar-refractivity contribution in [2.45, 2.75) is 24.3 Å². The van der Waals surface area contributed by atoms with E-state index in [0.717, 1.165) is 4.31 Å². The van der Waals surface area contributed by atoms with E-state index < -0.39 is 27.9 Å². The number of hydrogen-bond donors (Lipinski definition) is 2. The summed E-state index contributed by atoms with van der Waals surface area (Å²) in [4.78, 5) is 22.9. The largest absolute Gasteiger partial charge is 0.480 e. The fraction of sp³-hybridized carbons (Fsp3) is 0.385. The number of hydrogen-bond acceptors (Lipinski definition) is 4. The van der Waals surface area contributed by atoms with Gasteiger partial charge in [-0.2, -0.15) is 0 Å². The number of sulfonamides is 1. The van der Waals surface area contributed by atoms with Crippen LogP contribution >= 0.6 is 0 Å². The number of aliphatic carboxylic acids is 1. The third kappa shape index (κ3) is 4.02. The number of carboxylic acids is 1. The molecule has 0 aromatic heterocycles. The van der Waals surface area contributed by atoms with Crippen LogP contribution in [0.3, 0.4) is 0 Å². The Hall–Kier alpha value is -1.93. The van der Waals surface area contributed by atoms with E-state index in [1.54, 1.807) is 6.92 Å². The van der Waals surface area contributed by atoms with Crippen molar-refractivity contribution in [3.63, 3.8) is 0 Å². The van der Waals surface area contributed by atoms with E-state index in [1.807, 2.05) is 0 Å². The zero-order valence-corrected chi connectivity index (χ0v) is 12.8. The molecule has 1 aromatic rings. The second kappa shape index (κ2) is 6.68. The van der Waals surface area contributed by atoms with Gasteiger partial charge < -0.3 is 10.4 Å². The quantitative estimate of drug-likeness (QED) is 0.797. The Balaban J connectivity index is 3.06. The van der Waals surface area contributed by atoms with Crippen molar-refractivity contribution in [3.8, 4) is 0 Å². The second-order valence-electron chi connectivity index (χ2n) is 4.59. The highest BCUT2D eigenvalue weighted by Gasteiger charge is 2.21. The molecule has 0 aliphatic rings.